The summed E-state index contributed by atoms with van der Waals surface area (Å²) in [5.74, 6) is -2.48. The number of hydrogen-bond acceptors (Lipinski definition) is 4. The fourth-order valence-electron chi connectivity index (χ4n) is 4.26. The number of allylic oxidation sites excluding steroid dienone is 4. The maximum atomic E-state index is 12.4. The van der Waals surface area contributed by atoms with E-state index in [2.05, 4.69) is 9.98 Å². The van der Waals surface area contributed by atoms with Crippen molar-refractivity contribution in [1.82, 2.24) is 0 Å². The summed E-state index contributed by atoms with van der Waals surface area (Å²) >= 11 is 0. The van der Waals surface area contributed by atoms with Crippen molar-refractivity contribution in [2.45, 2.75) is 105 Å². The first-order valence-electron chi connectivity index (χ1n) is 14.4. The summed E-state index contributed by atoms with van der Waals surface area (Å²) in [4.78, 5) is 8.67. The molecule has 0 fully saturated rings. The molecule has 0 unspecified atom stereocenters. The van der Waals surface area contributed by atoms with E-state index in [1.807, 2.05) is 91.8 Å². The topological polar surface area (TPSA) is 65.2 Å². The van der Waals surface area contributed by atoms with Crippen LogP contribution in [0.1, 0.15) is 115 Å². The molecule has 254 valence electrons. The van der Waals surface area contributed by atoms with Gasteiger partial charge in [-0.25, -0.2) is 0 Å². The molecule has 0 atom stereocenters. The Kier molecular flexibility index (Phi) is 16.4. The van der Waals surface area contributed by atoms with Crippen molar-refractivity contribution in [2.24, 2.45) is 9.98 Å². The Morgan fingerprint density at radius 3 is 0.956 bits per heavy atom. The average Bonchev–Trinajstić information content (AvgIpc) is 2.87. The fraction of sp³-hybridized carbons (Fsp3) is 0.471. The smallest absolute Gasteiger partial charge is 0.448 e. The van der Waals surface area contributed by atoms with E-state index in [0.29, 0.717) is 23.5 Å². The zero-order valence-corrected chi connectivity index (χ0v) is 28.3. The number of aliphatic imine (C=N–C) groups is 2. The second-order valence-electron chi connectivity index (χ2n) is 11.7. The summed E-state index contributed by atoms with van der Waals surface area (Å²) in [5, 5.41) is 18.1. The maximum Gasteiger partial charge on any atom is 0.448 e. The first-order valence-corrected chi connectivity index (χ1v) is 14.4. The van der Waals surface area contributed by atoms with Crippen molar-refractivity contribution in [3.63, 3.8) is 0 Å². The Labute approximate surface area is 273 Å². The molecule has 2 rings (SSSR count). The van der Waals surface area contributed by atoms with Crippen LogP contribution in [0.4, 0.5) is 37.7 Å². The first-order chi connectivity index (χ1) is 20.1. The third-order valence-electron chi connectivity index (χ3n) is 6.53. The minimum Gasteiger partial charge on any atom is -0.504 e. The quantitative estimate of drug-likeness (QED) is 0.126. The van der Waals surface area contributed by atoms with Gasteiger partial charge in [0.2, 0.25) is 0 Å². The molecule has 0 spiro atoms. The molecule has 0 aliphatic rings. The van der Waals surface area contributed by atoms with Gasteiger partial charge < -0.3 is 10.2 Å². The monoisotopic (exact) mass is 684 g/mol. The van der Waals surface area contributed by atoms with Crippen LogP contribution in [-0.2, 0) is 16.5 Å². The number of rotatable bonds is 8. The van der Waals surface area contributed by atoms with Gasteiger partial charge in [0.05, 0.1) is 11.4 Å². The van der Waals surface area contributed by atoms with Gasteiger partial charge in [0, 0.05) is 40.1 Å². The summed E-state index contributed by atoms with van der Waals surface area (Å²) in [6.45, 7) is 19.0. The van der Waals surface area contributed by atoms with E-state index in [9.17, 15) is 26.3 Å². The molecular weight excluding hydrogens is 641 g/mol. The molecule has 0 heterocycles. The molecule has 11 heteroatoms. The van der Waals surface area contributed by atoms with Gasteiger partial charge in [0.25, 0.3) is 0 Å². The molecule has 0 aromatic heterocycles. The third kappa shape index (κ3) is 13.1. The number of nitrogens with zero attached hydrogens (tertiary/aromatic N) is 2. The molecule has 2 aromatic rings. The molecular formula is C34H44F6N2NiO2. The van der Waals surface area contributed by atoms with Gasteiger partial charge in [-0.1, -0.05) is 91.8 Å². The Hall–Kier alpha value is -3.07. The Morgan fingerprint density at radius 1 is 0.556 bits per heavy atom. The summed E-state index contributed by atoms with van der Waals surface area (Å²) in [6.07, 6.45) is -8.20. The van der Waals surface area contributed by atoms with Gasteiger partial charge in [-0.15, -0.1) is 0 Å². The molecule has 2 aromatic carbocycles. The van der Waals surface area contributed by atoms with Crippen LogP contribution in [-0.4, -0.2) is 34.0 Å². The number of benzene rings is 2. The number of aliphatic hydroxyl groups excluding tert-OH is 2. The fourth-order valence-corrected chi connectivity index (χ4v) is 4.26. The van der Waals surface area contributed by atoms with E-state index in [1.54, 1.807) is 0 Å². The van der Waals surface area contributed by atoms with Crippen molar-refractivity contribution in [3.05, 3.63) is 82.3 Å². The van der Waals surface area contributed by atoms with Crippen LogP contribution in [0.3, 0.4) is 0 Å². The SMILES string of the molecule is CC(/C=C(\O)C(F)(F)F)=Nc1c(C(C)C)cccc1C(C)C.CC(/C=C(\O)C(F)(F)F)=Nc1c(C(C)C)cccc1C(C)C.[Ni]. The van der Waals surface area contributed by atoms with Crippen LogP contribution in [0, 0.1) is 0 Å². The van der Waals surface area contributed by atoms with E-state index in [1.165, 1.54) is 13.8 Å². The van der Waals surface area contributed by atoms with Gasteiger partial charge in [0.15, 0.2) is 11.5 Å². The number of hydrogen-bond donors (Lipinski definition) is 2. The Morgan fingerprint density at radius 2 is 0.778 bits per heavy atom. The van der Waals surface area contributed by atoms with Gasteiger partial charge in [-0.2, -0.15) is 26.3 Å². The largest absolute Gasteiger partial charge is 0.504 e. The van der Waals surface area contributed by atoms with Crippen LogP contribution in [0.25, 0.3) is 0 Å². The van der Waals surface area contributed by atoms with E-state index in [-0.39, 0.29) is 51.6 Å². The van der Waals surface area contributed by atoms with Crippen LogP contribution in [0.2, 0.25) is 0 Å². The first kappa shape index (κ1) is 41.9. The van der Waals surface area contributed by atoms with Gasteiger partial charge in [-0.05, 0) is 59.8 Å². The molecule has 4 nitrogen and oxygen atoms in total. The van der Waals surface area contributed by atoms with Crippen molar-refractivity contribution in [2.75, 3.05) is 0 Å². The maximum absolute atomic E-state index is 12.4. The number of aliphatic hydroxyl groups is 2. The Balaban J connectivity index is 0.000000842. The molecule has 45 heavy (non-hydrogen) atoms. The average molecular weight is 685 g/mol. The minimum absolute atomic E-state index is 0. The summed E-state index contributed by atoms with van der Waals surface area (Å²) in [5.41, 5.74) is 5.52. The summed E-state index contributed by atoms with van der Waals surface area (Å²) in [7, 11) is 0. The van der Waals surface area contributed by atoms with E-state index < -0.39 is 23.9 Å². The summed E-state index contributed by atoms with van der Waals surface area (Å²) < 4.78 is 74.3. The Bertz CT molecular complexity index is 1230. The second-order valence-corrected chi connectivity index (χ2v) is 11.7. The molecule has 0 saturated carbocycles. The van der Waals surface area contributed by atoms with Gasteiger partial charge >= 0.3 is 12.4 Å². The van der Waals surface area contributed by atoms with Crippen LogP contribution >= 0.6 is 0 Å². The van der Waals surface area contributed by atoms with Crippen molar-refractivity contribution >= 4 is 22.8 Å². The van der Waals surface area contributed by atoms with Crippen molar-refractivity contribution in [3.8, 4) is 0 Å². The second kappa shape index (κ2) is 17.6. The molecule has 0 radical (unpaired) electrons. The van der Waals surface area contributed by atoms with Crippen molar-refractivity contribution in [1.29, 1.82) is 0 Å². The van der Waals surface area contributed by atoms with Gasteiger partial charge in [0.1, 0.15) is 0 Å². The zero-order valence-electron chi connectivity index (χ0n) is 27.3. The molecule has 0 bridgehead atoms. The molecule has 0 aliphatic carbocycles. The van der Waals surface area contributed by atoms with Crippen LogP contribution in [0.5, 0.6) is 0 Å². The van der Waals surface area contributed by atoms with E-state index in [0.717, 1.165) is 22.3 Å². The summed E-state index contributed by atoms with van der Waals surface area (Å²) in [6, 6.07) is 11.6. The zero-order chi connectivity index (χ0) is 34.2. The molecule has 2 N–H and O–H groups in total. The molecule has 0 saturated heterocycles. The van der Waals surface area contributed by atoms with Crippen LogP contribution in [0.15, 0.2) is 70.1 Å². The predicted molar refractivity (Wildman–Crippen MR) is 168 cm³/mol. The van der Waals surface area contributed by atoms with E-state index >= 15 is 0 Å². The van der Waals surface area contributed by atoms with Gasteiger partial charge in [-0.3, -0.25) is 9.98 Å². The number of halogens is 6. The number of alkyl halides is 6. The van der Waals surface area contributed by atoms with E-state index in [4.69, 9.17) is 10.2 Å². The van der Waals surface area contributed by atoms with Crippen molar-refractivity contribution < 1.29 is 53.0 Å². The standard InChI is InChI=1S/2C17H22F3NO.Ni/c2*1-10(2)13-7-6-8-14(11(3)4)16(13)21-12(5)9-15(22)17(18,19)20;/h2*6-11,22H,1-5H3;/b2*15-9-,21-12?;. The predicted octanol–water partition coefficient (Wildman–Crippen LogP) is 12.1. The minimum atomic E-state index is -4.75. The number of para-hydroxylation sites is 2. The third-order valence-corrected chi connectivity index (χ3v) is 6.53. The molecule has 0 amide bonds. The normalized spacial score (nSPS) is 13.8. The van der Waals surface area contributed by atoms with Crippen LogP contribution < -0.4 is 0 Å². The molecule has 0 aliphatic heterocycles.